The van der Waals surface area contributed by atoms with Gasteiger partial charge in [-0.3, -0.25) is 4.79 Å². The van der Waals surface area contributed by atoms with Gasteiger partial charge in [0.05, 0.1) is 12.2 Å². The lowest BCUT2D eigenvalue weighted by molar-refractivity contribution is -0.130. The van der Waals surface area contributed by atoms with Crippen molar-refractivity contribution in [2.24, 2.45) is 4.99 Å². The van der Waals surface area contributed by atoms with E-state index in [9.17, 15) is 4.79 Å². The molecule has 30 heavy (non-hydrogen) atoms. The summed E-state index contributed by atoms with van der Waals surface area (Å²) >= 11 is 0. The van der Waals surface area contributed by atoms with E-state index in [-0.39, 0.29) is 12.5 Å². The van der Waals surface area contributed by atoms with E-state index in [0.29, 0.717) is 18.8 Å². The molecule has 0 saturated heterocycles. The second-order valence-electron chi connectivity index (χ2n) is 7.01. The highest BCUT2D eigenvalue weighted by molar-refractivity contribution is 5.79. The van der Waals surface area contributed by atoms with Gasteiger partial charge in [0.1, 0.15) is 11.5 Å². The van der Waals surface area contributed by atoms with Crippen LogP contribution in [0.1, 0.15) is 43.4 Å². The minimum atomic E-state index is -0.0799. The standard InChI is InChI=1S/C22H33N5O3/c1-6-19-18(20(7-2)30-26-19)14-25-22(23-8-3)24-13-16-10-9-11-17(12-16)29-15-21(28)27(4)5/h9-12H,6-8,13-15H2,1-5H3,(H2,23,24,25). The van der Waals surface area contributed by atoms with Crippen LogP contribution in [-0.2, 0) is 30.7 Å². The highest BCUT2D eigenvalue weighted by atomic mass is 16.5. The maximum Gasteiger partial charge on any atom is 0.259 e. The third-order valence-corrected chi connectivity index (χ3v) is 4.56. The quantitative estimate of drug-likeness (QED) is 0.458. The lowest BCUT2D eigenvalue weighted by Crippen LogP contribution is -2.37. The molecule has 0 bridgehead atoms. The van der Waals surface area contributed by atoms with Gasteiger partial charge in [0.25, 0.3) is 5.91 Å². The molecule has 0 fully saturated rings. The molecule has 8 heteroatoms. The van der Waals surface area contributed by atoms with Crippen LogP contribution >= 0.6 is 0 Å². The number of nitrogens with zero attached hydrogens (tertiary/aromatic N) is 3. The first-order chi connectivity index (χ1) is 14.5. The van der Waals surface area contributed by atoms with E-state index >= 15 is 0 Å². The molecule has 0 radical (unpaired) electrons. The van der Waals surface area contributed by atoms with E-state index in [0.717, 1.165) is 47.9 Å². The Kier molecular flexibility index (Phi) is 9.18. The van der Waals surface area contributed by atoms with Crippen LogP contribution in [0.3, 0.4) is 0 Å². The predicted octanol–water partition coefficient (Wildman–Crippen LogP) is 2.52. The van der Waals surface area contributed by atoms with Gasteiger partial charge in [-0.05, 0) is 31.0 Å². The van der Waals surface area contributed by atoms with Crippen molar-refractivity contribution in [3.63, 3.8) is 0 Å². The number of amides is 1. The number of carbonyl (C=O) groups excluding carboxylic acids is 1. The zero-order chi connectivity index (χ0) is 21.9. The summed E-state index contributed by atoms with van der Waals surface area (Å²) in [7, 11) is 3.41. The number of aliphatic imine (C=N–C) groups is 1. The van der Waals surface area contributed by atoms with Crippen LogP contribution in [0.4, 0.5) is 0 Å². The number of hydrogen-bond acceptors (Lipinski definition) is 5. The van der Waals surface area contributed by atoms with Crippen molar-refractivity contribution in [2.45, 2.75) is 46.7 Å². The molecule has 1 aromatic heterocycles. The van der Waals surface area contributed by atoms with Gasteiger partial charge in [-0.1, -0.05) is 31.1 Å². The number of nitrogens with one attached hydrogen (secondary N) is 2. The summed E-state index contributed by atoms with van der Waals surface area (Å²) in [5.41, 5.74) is 3.08. The van der Waals surface area contributed by atoms with Gasteiger partial charge in [-0.25, -0.2) is 4.99 Å². The molecule has 1 heterocycles. The van der Waals surface area contributed by atoms with Gasteiger partial charge in [0, 0.05) is 39.2 Å². The second kappa shape index (κ2) is 11.8. The van der Waals surface area contributed by atoms with Crippen LogP contribution in [0.2, 0.25) is 0 Å². The Morgan fingerprint density at radius 1 is 1.20 bits per heavy atom. The molecule has 2 N–H and O–H groups in total. The Labute approximate surface area is 178 Å². The maximum atomic E-state index is 11.7. The average Bonchev–Trinajstić information content (AvgIpc) is 3.16. The number of likely N-dealkylation sites (N-methyl/N-ethyl adjacent to an activating group) is 1. The fourth-order valence-electron chi connectivity index (χ4n) is 2.83. The summed E-state index contributed by atoms with van der Waals surface area (Å²) in [6.45, 7) is 8.03. The van der Waals surface area contributed by atoms with Crippen LogP contribution in [0.15, 0.2) is 33.8 Å². The average molecular weight is 416 g/mol. The molecule has 1 amide bonds. The monoisotopic (exact) mass is 415 g/mol. The zero-order valence-corrected chi connectivity index (χ0v) is 18.6. The molecule has 164 valence electrons. The van der Waals surface area contributed by atoms with E-state index in [2.05, 4.69) is 34.6 Å². The van der Waals surface area contributed by atoms with Crippen molar-refractivity contribution in [2.75, 3.05) is 27.2 Å². The van der Waals surface area contributed by atoms with E-state index in [1.807, 2.05) is 31.2 Å². The maximum absolute atomic E-state index is 11.7. The van der Waals surface area contributed by atoms with Crippen molar-refractivity contribution in [3.05, 3.63) is 46.8 Å². The topological polar surface area (TPSA) is 92.0 Å². The SMILES string of the molecule is CCNC(=NCc1cccc(OCC(=O)N(C)C)c1)NCc1c(CC)noc1CC. The Morgan fingerprint density at radius 3 is 2.67 bits per heavy atom. The minimum Gasteiger partial charge on any atom is -0.484 e. The molecule has 0 aliphatic carbocycles. The fourth-order valence-corrected chi connectivity index (χ4v) is 2.83. The van der Waals surface area contributed by atoms with E-state index in [1.54, 1.807) is 14.1 Å². The fraction of sp³-hybridized carbons (Fsp3) is 0.500. The molecule has 0 atom stereocenters. The number of ether oxygens (including phenoxy) is 1. The Morgan fingerprint density at radius 2 is 2.00 bits per heavy atom. The summed E-state index contributed by atoms with van der Waals surface area (Å²) in [4.78, 5) is 17.9. The zero-order valence-electron chi connectivity index (χ0n) is 18.6. The van der Waals surface area contributed by atoms with Gasteiger partial charge in [0.2, 0.25) is 0 Å². The number of guanidine groups is 1. The van der Waals surface area contributed by atoms with Crippen LogP contribution in [-0.4, -0.2) is 49.2 Å². The lowest BCUT2D eigenvalue weighted by Gasteiger charge is -2.13. The number of rotatable bonds is 10. The van der Waals surface area contributed by atoms with E-state index in [4.69, 9.17) is 9.26 Å². The number of carbonyl (C=O) groups is 1. The highest BCUT2D eigenvalue weighted by Gasteiger charge is 2.13. The van der Waals surface area contributed by atoms with Crippen LogP contribution in [0.25, 0.3) is 0 Å². The molecule has 0 saturated carbocycles. The summed E-state index contributed by atoms with van der Waals surface area (Å²) in [6, 6.07) is 7.63. The first kappa shape index (κ1) is 23.3. The molecular formula is C22H33N5O3. The number of benzene rings is 1. The molecule has 8 nitrogen and oxygen atoms in total. The molecule has 0 aliphatic heterocycles. The van der Waals surface area contributed by atoms with Gasteiger partial charge in [0.15, 0.2) is 12.6 Å². The largest absolute Gasteiger partial charge is 0.484 e. The van der Waals surface area contributed by atoms with Gasteiger partial charge >= 0.3 is 0 Å². The van der Waals surface area contributed by atoms with Crippen LogP contribution in [0, 0.1) is 0 Å². The van der Waals surface area contributed by atoms with E-state index < -0.39 is 0 Å². The molecule has 2 aromatic rings. The highest BCUT2D eigenvalue weighted by Crippen LogP contribution is 2.16. The van der Waals surface area contributed by atoms with Crippen LogP contribution < -0.4 is 15.4 Å². The first-order valence-corrected chi connectivity index (χ1v) is 10.4. The number of hydrogen-bond donors (Lipinski definition) is 2. The van der Waals surface area contributed by atoms with Crippen molar-refractivity contribution in [1.82, 2.24) is 20.7 Å². The molecule has 0 unspecified atom stereocenters. The van der Waals surface area contributed by atoms with Gasteiger partial charge in [-0.15, -0.1) is 0 Å². The Balaban J connectivity index is 2.01. The second-order valence-corrected chi connectivity index (χ2v) is 7.01. The summed E-state index contributed by atoms with van der Waals surface area (Å²) in [5.74, 6) is 2.20. The normalized spacial score (nSPS) is 11.3. The third-order valence-electron chi connectivity index (χ3n) is 4.56. The number of aryl methyl sites for hydroxylation is 2. The van der Waals surface area contributed by atoms with E-state index in [1.165, 1.54) is 4.90 Å². The minimum absolute atomic E-state index is 0.0160. The summed E-state index contributed by atoms with van der Waals surface area (Å²) in [5, 5.41) is 10.8. The molecule has 1 aromatic carbocycles. The molecule has 0 spiro atoms. The summed E-state index contributed by atoms with van der Waals surface area (Å²) < 4.78 is 11.0. The smallest absolute Gasteiger partial charge is 0.259 e. The van der Waals surface area contributed by atoms with Gasteiger partial charge < -0.3 is 24.8 Å². The summed E-state index contributed by atoms with van der Waals surface area (Å²) in [6.07, 6.45) is 1.64. The van der Waals surface area contributed by atoms with Crippen LogP contribution in [0.5, 0.6) is 5.75 Å². The molecule has 0 aliphatic rings. The van der Waals surface area contributed by atoms with Crippen molar-refractivity contribution >= 4 is 11.9 Å². The molecule has 2 rings (SSSR count). The third kappa shape index (κ3) is 6.79. The lowest BCUT2D eigenvalue weighted by atomic mass is 10.1. The van der Waals surface area contributed by atoms with Crippen molar-refractivity contribution in [1.29, 1.82) is 0 Å². The first-order valence-electron chi connectivity index (χ1n) is 10.4. The van der Waals surface area contributed by atoms with Crippen molar-refractivity contribution in [3.8, 4) is 5.75 Å². The number of aromatic nitrogens is 1. The van der Waals surface area contributed by atoms with Crippen molar-refractivity contribution < 1.29 is 14.1 Å². The predicted molar refractivity (Wildman–Crippen MR) is 118 cm³/mol. The Bertz CT molecular complexity index is 824. The van der Waals surface area contributed by atoms with Gasteiger partial charge in [-0.2, -0.15) is 0 Å². The Hall–Kier alpha value is -3.03. The molecular weight excluding hydrogens is 382 g/mol.